The van der Waals surface area contributed by atoms with Gasteiger partial charge in [0.25, 0.3) is 5.56 Å². The number of nitrogens with one attached hydrogen (secondary N) is 1. The fourth-order valence-electron chi connectivity index (χ4n) is 5.20. The van der Waals surface area contributed by atoms with E-state index < -0.39 is 5.60 Å². The molecule has 0 unspecified atom stereocenters. The lowest BCUT2D eigenvalue weighted by atomic mass is 9.84. The van der Waals surface area contributed by atoms with Gasteiger partial charge in [0.05, 0.1) is 18.5 Å². The highest BCUT2D eigenvalue weighted by Gasteiger charge is 2.34. The fourth-order valence-corrected chi connectivity index (χ4v) is 5.20. The lowest BCUT2D eigenvalue weighted by molar-refractivity contribution is -0.0358. The van der Waals surface area contributed by atoms with Crippen LogP contribution in [0.1, 0.15) is 36.4 Å². The Balaban J connectivity index is 0.00000128. The number of likely N-dealkylation sites (tertiary alicyclic amines) is 1. The zero-order valence-electron chi connectivity index (χ0n) is 17.1. The van der Waals surface area contributed by atoms with Crippen LogP contribution in [-0.2, 0) is 19.6 Å². The highest BCUT2D eigenvalue weighted by Crippen LogP contribution is 2.32. The molecule has 0 saturated carbocycles. The molecule has 0 amide bonds. The Labute approximate surface area is 189 Å². The van der Waals surface area contributed by atoms with Crippen molar-refractivity contribution < 1.29 is 5.11 Å². The van der Waals surface area contributed by atoms with E-state index in [0.29, 0.717) is 37.8 Å². The van der Waals surface area contributed by atoms with Crippen LogP contribution in [0.2, 0.25) is 0 Å². The second-order valence-corrected chi connectivity index (χ2v) is 8.89. The van der Waals surface area contributed by atoms with Gasteiger partial charge in [-0.1, -0.05) is 6.07 Å². The number of piperidine rings is 2. The van der Waals surface area contributed by atoms with E-state index in [1.165, 1.54) is 12.1 Å². The molecule has 0 spiro atoms. The number of pyridine rings is 1. The van der Waals surface area contributed by atoms with Gasteiger partial charge in [-0.25, -0.2) is 4.98 Å². The van der Waals surface area contributed by atoms with Crippen molar-refractivity contribution in [2.24, 2.45) is 5.92 Å². The van der Waals surface area contributed by atoms with Crippen LogP contribution in [-0.4, -0.2) is 55.9 Å². The monoisotopic (exact) mass is 455 g/mol. The first-order valence-electron chi connectivity index (χ1n) is 10.4. The smallest absolute Gasteiger partial charge is 0.255 e. The molecule has 2 fully saturated rings. The Kier molecular flexibility index (Phi) is 7.30. The molecule has 7 nitrogen and oxygen atoms in total. The Bertz CT molecular complexity index is 893. The number of hydrogen-bond donors (Lipinski definition) is 2. The topological polar surface area (TPSA) is 75.3 Å². The molecule has 2 N–H and O–H groups in total. The van der Waals surface area contributed by atoms with Crippen molar-refractivity contribution in [2.75, 3.05) is 26.2 Å². The molecule has 30 heavy (non-hydrogen) atoms. The van der Waals surface area contributed by atoms with Gasteiger partial charge in [-0.2, -0.15) is 0 Å². The molecule has 2 bridgehead atoms. The van der Waals surface area contributed by atoms with Gasteiger partial charge in [-0.05, 0) is 37.8 Å². The molecule has 0 radical (unpaired) electrons. The van der Waals surface area contributed by atoms with Crippen molar-refractivity contribution in [3.63, 3.8) is 0 Å². The highest BCUT2D eigenvalue weighted by atomic mass is 35.5. The van der Waals surface area contributed by atoms with Crippen molar-refractivity contribution in [2.45, 2.75) is 50.4 Å². The van der Waals surface area contributed by atoms with E-state index in [9.17, 15) is 9.90 Å². The summed E-state index contributed by atoms with van der Waals surface area (Å²) >= 11 is 0. The first-order valence-corrected chi connectivity index (χ1v) is 10.4. The van der Waals surface area contributed by atoms with E-state index in [4.69, 9.17) is 0 Å². The maximum absolute atomic E-state index is 13.1. The molecule has 9 heteroatoms. The highest BCUT2D eigenvalue weighted by molar-refractivity contribution is 5.85. The lowest BCUT2D eigenvalue weighted by Gasteiger charge is -2.39. The molecule has 5 heterocycles. The summed E-state index contributed by atoms with van der Waals surface area (Å²) in [5, 5.41) is 14.4. The standard InChI is InChI=1S/C21H29N5O2.2ClH/c27-20-17(1-2-19-18-9-16(10-23-11-18)12-26(19)20)13-24-6-3-21(28,4-7-24)14-25-8-5-22-15-25;;/h1-2,5,8,15-16,18,23,28H,3-4,6-7,9-14H2;2*1H/t16-,18+;;/m0../s1. The van der Waals surface area contributed by atoms with Crippen molar-refractivity contribution in [3.8, 4) is 0 Å². The minimum atomic E-state index is -0.688. The fraction of sp³-hybridized carbons (Fsp3) is 0.619. The number of aromatic nitrogens is 3. The van der Waals surface area contributed by atoms with Crippen molar-refractivity contribution in [1.82, 2.24) is 24.3 Å². The molecule has 2 aromatic rings. The van der Waals surface area contributed by atoms with Crippen LogP contribution < -0.4 is 10.9 Å². The average molecular weight is 456 g/mol. The van der Waals surface area contributed by atoms with Crippen LogP contribution in [0.15, 0.2) is 35.6 Å². The van der Waals surface area contributed by atoms with Gasteiger partial charge < -0.3 is 19.6 Å². The Hall–Kier alpha value is -1.38. The second kappa shape index (κ2) is 9.40. The Morgan fingerprint density at radius 3 is 2.73 bits per heavy atom. The van der Waals surface area contributed by atoms with Crippen molar-refractivity contribution in [1.29, 1.82) is 0 Å². The summed E-state index contributed by atoms with van der Waals surface area (Å²) in [6.45, 7) is 5.72. The predicted octanol–water partition coefficient (Wildman–Crippen LogP) is 1.62. The molecule has 2 saturated heterocycles. The number of fused-ring (bicyclic) bond motifs is 4. The molecule has 2 atom stereocenters. The maximum atomic E-state index is 13.1. The van der Waals surface area contributed by atoms with E-state index in [-0.39, 0.29) is 30.4 Å². The first kappa shape index (κ1) is 23.3. The van der Waals surface area contributed by atoms with Crippen LogP contribution >= 0.6 is 24.8 Å². The number of hydrogen-bond acceptors (Lipinski definition) is 5. The van der Waals surface area contributed by atoms with Gasteiger partial charge in [0.1, 0.15) is 0 Å². The average Bonchev–Trinajstić information content (AvgIpc) is 3.19. The zero-order valence-corrected chi connectivity index (χ0v) is 18.7. The third-order valence-electron chi connectivity index (χ3n) is 6.80. The van der Waals surface area contributed by atoms with E-state index in [2.05, 4.69) is 21.3 Å². The number of imidazole rings is 1. The molecule has 0 aliphatic carbocycles. The van der Waals surface area contributed by atoms with E-state index in [0.717, 1.165) is 38.3 Å². The van der Waals surface area contributed by atoms with E-state index in [1.54, 1.807) is 12.5 Å². The van der Waals surface area contributed by atoms with Gasteiger partial charge in [-0.3, -0.25) is 9.69 Å². The third-order valence-corrected chi connectivity index (χ3v) is 6.80. The second-order valence-electron chi connectivity index (χ2n) is 8.89. The zero-order chi connectivity index (χ0) is 19.1. The van der Waals surface area contributed by atoms with Crippen LogP contribution in [0.25, 0.3) is 0 Å². The summed E-state index contributed by atoms with van der Waals surface area (Å²) in [6, 6.07) is 4.21. The van der Waals surface area contributed by atoms with Gasteiger partial charge in [-0.15, -0.1) is 24.8 Å². The van der Waals surface area contributed by atoms with Gasteiger partial charge in [0, 0.05) is 62.3 Å². The summed E-state index contributed by atoms with van der Waals surface area (Å²) in [5.41, 5.74) is 1.59. The summed E-state index contributed by atoms with van der Waals surface area (Å²) < 4.78 is 3.98. The summed E-state index contributed by atoms with van der Waals surface area (Å²) in [7, 11) is 0. The molecule has 3 aliphatic heterocycles. The quantitative estimate of drug-likeness (QED) is 0.732. The van der Waals surface area contributed by atoms with Crippen molar-refractivity contribution in [3.05, 3.63) is 52.5 Å². The molecule has 5 rings (SSSR count). The van der Waals surface area contributed by atoms with Crippen LogP contribution in [0.3, 0.4) is 0 Å². The van der Waals surface area contributed by atoms with E-state index in [1.807, 2.05) is 21.4 Å². The number of aliphatic hydroxyl groups is 1. The number of halogens is 2. The predicted molar refractivity (Wildman–Crippen MR) is 121 cm³/mol. The minimum absolute atomic E-state index is 0. The maximum Gasteiger partial charge on any atom is 0.255 e. The molecule has 3 aliphatic rings. The largest absolute Gasteiger partial charge is 0.388 e. The number of rotatable bonds is 4. The van der Waals surface area contributed by atoms with Gasteiger partial charge >= 0.3 is 0 Å². The SMILES string of the molecule is Cl.Cl.O=c1c(CN2CCC(O)(Cn3ccnc3)CC2)ccc2n1C[C@@H]1CNC[C@H]2C1. The molecular formula is C21H31Cl2N5O2. The van der Waals surface area contributed by atoms with Crippen LogP contribution in [0.4, 0.5) is 0 Å². The summed E-state index contributed by atoms with van der Waals surface area (Å²) in [5.74, 6) is 1.05. The Morgan fingerprint density at radius 1 is 1.20 bits per heavy atom. The Morgan fingerprint density at radius 2 is 2.00 bits per heavy atom. The minimum Gasteiger partial charge on any atom is -0.388 e. The van der Waals surface area contributed by atoms with Crippen LogP contribution in [0.5, 0.6) is 0 Å². The van der Waals surface area contributed by atoms with Gasteiger partial charge in [0.2, 0.25) is 0 Å². The number of nitrogens with zero attached hydrogens (tertiary/aromatic N) is 4. The van der Waals surface area contributed by atoms with Crippen molar-refractivity contribution >= 4 is 24.8 Å². The molecule has 2 aromatic heterocycles. The molecule has 166 valence electrons. The molecule has 0 aromatic carbocycles. The van der Waals surface area contributed by atoms with E-state index >= 15 is 0 Å². The first-order chi connectivity index (χ1) is 13.6. The lowest BCUT2D eigenvalue weighted by Crippen LogP contribution is -2.48. The summed E-state index contributed by atoms with van der Waals surface area (Å²) in [6.07, 6.45) is 8.02. The normalized spacial score (nSPS) is 25.0. The third kappa shape index (κ3) is 4.60. The molecular weight excluding hydrogens is 425 g/mol. The van der Waals surface area contributed by atoms with Gasteiger partial charge in [0.15, 0.2) is 0 Å². The summed E-state index contributed by atoms with van der Waals surface area (Å²) in [4.78, 5) is 19.5. The van der Waals surface area contributed by atoms with Crippen LogP contribution in [0, 0.1) is 5.92 Å².